The molecule has 0 fully saturated rings. The number of alkyl halides is 3. The van der Waals surface area contributed by atoms with Crippen molar-refractivity contribution in [2.45, 2.75) is 82.7 Å². The van der Waals surface area contributed by atoms with E-state index in [-0.39, 0.29) is 10.8 Å². The third kappa shape index (κ3) is 4.11. The Morgan fingerprint density at radius 2 is 0.692 bits per heavy atom. The summed E-state index contributed by atoms with van der Waals surface area (Å²) >= 11 is 0. The van der Waals surface area contributed by atoms with E-state index < -0.39 is 11.6 Å². The van der Waals surface area contributed by atoms with E-state index >= 15 is 0 Å². The van der Waals surface area contributed by atoms with Gasteiger partial charge in [0, 0.05) is 10.8 Å². The minimum absolute atomic E-state index is 0.0137. The fraction of sp³-hybridized carbons (Fsp3) is 0.265. The molecule has 0 aromatic heterocycles. The van der Waals surface area contributed by atoms with Crippen molar-refractivity contribution in [1.82, 2.24) is 0 Å². The first kappa shape index (κ1) is 33.0. The fourth-order valence-electron chi connectivity index (χ4n) is 10.5. The highest BCUT2D eigenvalue weighted by Gasteiger charge is 2.58. The second kappa shape index (κ2) is 11.3. The van der Waals surface area contributed by atoms with E-state index in [1.165, 1.54) is 62.6 Å². The monoisotopic (exact) mass is 688 g/mol. The largest absolute Gasteiger partial charge is 0.402 e. The third-order valence-electron chi connectivity index (χ3n) is 13.6. The van der Waals surface area contributed by atoms with Crippen LogP contribution in [-0.4, -0.2) is 6.18 Å². The van der Waals surface area contributed by atoms with Crippen molar-refractivity contribution in [3.8, 4) is 55.6 Å². The summed E-state index contributed by atoms with van der Waals surface area (Å²) in [5, 5.41) is 0. The summed E-state index contributed by atoms with van der Waals surface area (Å²) in [6.07, 6.45) is -0.464. The van der Waals surface area contributed by atoms with Crippen LogP contribution in [0, 0.1) is 0 Å². The third-order valence-corrected chi connectivity index (χ3v) is 13.6. The molecule has 0 radical (unpaired) electrons. The fourth-order valence-corrected chi connectivity index (χ4v) is 10.5. The maximum Gasteiger partial charge on any atom is 0.402 e. The zero-order valence-electron chi connectivity index (χ0n) is 30.5. The number of rotatable bonds is 6. The molecule has 260 valence electrons. The van der Waals surface area contributed by atoms with Crippen LogP contribution in [0.2, 0.25) is 0 Å². The maximum atomic E-state index is 14.9. The number of halogens is 3. The number of fused-ring (bicyclic) bond motifs is 9. The summed E-state index contributed by atoms with van der Waals surface area (Å²) in [5.74, 6) is 0. The summed E-state index contributed by atoms with van der Waals surface area (Å²) in [6.45, 7) is 10.5. The van der Waals surface area contributed by atoms with Crippen molar-refractivity contribution in [3.05, 3.63) is 155 Å². The van der Waals surface area contributed by atoms with Crippen LogP contribution < -0.4 is 0 Å². The molecule has 0 aliphatic heterocycles. The molecule has 0 saturated carbocycles. The van der Waals surface area contributed by atoms with Crippen LogP contribution >= 0.6 is 0 Å². The standard InChI is InChI=1S/C49H43F3/c1-6-47(7-2)41-17-13-11-15-35(41)37-23-19-32(27-43(37)47)33-21-25-39-38-24-20-31(28-44(38)48(8-3,9-4)45(39)29-33)30-18-22-36-34-14-10-12-16-40(34)46(5,42(36)26-30)49(50,51)52/h10-29H,6-9H2,1-5H3. The molecule has 6 aromatic rings. The lowest BCUT2D eigenvalue weighted by Gasteiger charge is -2.31. The molecule has 0 spiro atoms. The first-order valence-electron chi connectivity index (χ1n) is 18.9. The lowest BCUT2D eigenvalue weighted by atomic mass is 9.72. The van der Waals surface area contributed by atoms with Gasteiger partial charge in [-0.3, -0.25) is 0 Å². The van der Waals surface area contributed by atoms with Crippen LogP contribution in [0.3, 0.4) is 0 Å². The molecule has 6 aromatic carbocycles. The Morgan fingerprint density at radius 1 is 0.385 bits per heavy atom. The second-order valence-electron chi connectivity index (χ2n) is 15.3. The number of benzene rings is 6. The zero-order chi connectivity index (χ0) is 36.2. The van der Waals surface area contributed by atoms with E-state index in [9.17, 15) is 13.2 Å². The maximum absolute atomic E-state index is 14.9. The zero-order valence-corrected chi connectivity index (χ0v) is 30.5. The summed E-state index contributed by atoms with van der Waals surface area (Å²) in [6, 6.07) is 42.2. The molecular weight excluding hydrogens is 646 g/mol. The SMILES string of the molecule is CCC1(CC)c2ccccc2-c2ccc(-c3ccc4c(c3)C(CC)(CC)c3cc(-c5ccc6c(c5)C(C)(C(F)(F)F)c5ccccc5-6)ccc3-4)cc21. The van der Waals surface area contributed by atoms with Gasteiger partial charge in [0.15, 0.2) is 0 Å². The van der Waals surface area contributed by atoms with Gasteiger partial charge < -0.3 is 0 Å². The van der Waals surface area contributed by atoms with E-state index in [1.54, 1.807) is 18.2 Å². The first-order valence-corrected chi connectivity index (χ1v) is 18.9. The number of hydrogen-bond acceptors (Lipinski definition) is 0. The van der Waals surface area contributed by atoms with Crippen LogP contribution in [0.5, 0.6) is 0 Å². The molecule has 0 heterocycles. The minimum atomic E-state index is -4.43. The smallest absolute Gasteiger partial charge is 0.170 e. The van der Waals surface area contributed by atoms with Gasteiger partial charge in [0.25, 0.3) is 0 Å². The van der Waals surface area contributed by atoms with E-state index in [2.05, 4.69) is 107 Å². The highest BCUT2D eigenvalue weighted by atomic mass is 19.4. The molecule has 0 bridgehead atoms. The van der Waals surface area contributed by atoms with Crippen LogP contribution in [0.25, 0.3) is 55.6 Å². The van der Waals surface area contributed by atoms with Crippen LogP contribution in [-0.2, 0) is 16.2 Å². The van der Waals surface area contributed by atoms with Gasteiger partial charge in [0.05, 0.1) is 0 Å². The first-order chi connectivity index (χ1) is 25.1. The highest BCUT2D eigenvalue weighted by molar-refractivity contribution is 5.89. The van der Waals surface area contributed by atoms with Gasteiger partial charge in [-0.15, -0.1) is 0 Å². The molecular formula is C49H43F3. The molecule has 0 nitrogen and oxygen atoms in total. The lowest BCUT2D eigenvalue weighted by molar-refractivity contribution is -0.172. The Balaban J connectivity index is 1.14. The highest BCUT2D eigenvalue weighted by Crippen LogP contribution is 2.59. The Bertz CT molecular complexity index is 2420. The molecule has 0 saturated heterocycles. The van der Waals surface area contributed by atoms with Gasteiger partial charge in [0.1, 0.15) is 5.41 Å². The average molecular weight is 689 g/mol. The van der Waals surface area contributed by atoms with Crippen LogP contribution in [0.1, 0.15) is 93.7 Å². The van der Waals surface area contributed by atoms with Gasteiger partial charge in [-0.1, -0.05) is 125 Å². The van der Waals surface area contributed by atoms with Crippen molar-refractivity contribution in [1.29, 1.82) is 0 Å². The molecule has 0 N–H and O–H groups in total. The summed E-state index contributed by atoms with van der Waals surface area (Å²) in [5.41, 5.74) is 14.7. The molecule has 3 aliphatic carbocycles. The van der Waals surface area contributed by atoms with E-state index in [0.29, 0.717) is 22.3 Å². The van der Waals surface area contributed by atoms with E-state index in [4.69, 9.17) is 0 Å². The van der Waals surface area contributed by atoms with Gasteiger partial charge in [0.2, 0.25) is 0 Å². The Morgan fingerprint density at radius 3 is 1.10 bits per heavy atom. The summed E-state index contributed by atoms with van der Waals surface area (Å²) in [4.78, 5) is 0. The molecule has 9 rings (SSSR count). The molecule has 1 unspecified atom stereocenters. The molecule has 0 amide bonds. The molecule has 3 aliphatic rings. The molecule has 1 atom stereocenters. The van der Waals surface area contributed by atoms with Gasteiger partial charge in [-0.25, -0.2) is 0 Å². The Labute approximate surface area is 305 Å². The Kier molecular flexibility index (Phi) is 7.17. The predicted octanol–water partition coefficient (Wildman–Crippen LogP) is 14.0. The van der Waals surface area contributed by atoms with Crippen molar-refractivity contribution in [2.24, 2.45) is 0 Å². The van der Waals surface area contributed by atoms with Crippen LogP contribution in [0.15, 0.2) is 121 Å². The van der Waals surface area contributed by atoms with Gasteiger partial charge in [-0.05, 0) is 146 Å². The quantitative estimate of drug-likeness (QED) is 0.163. The topological polar surface area (TPSA) is 0 Å². The summed E-state index contributed by atoms with van der Waals surface area (Å²) < 4.78 is 44.8. The summed E-state index contributed by atoms with van der Waals surface area (Å²) in [7, 11) is 0. The normalized spacial score (nSPS) is 18.3. The Hall–Kier alpha value is -4.89. The predicted molar refractivity (Wildman–Crippen MR) is 209 cm³/mol. The van der Waals surface area contributed by atoms with E-state index in [1.807, 2.05) is 24.3 Å². The van der Waals surface area contributed by atoms with Crippen molar-refractivity contribution in [3.63, 3.8) is 0 Å². The van der Waals surface area contributed by atoms with E-state index in [0.717, 1.165) is 36.8 Å². The molecule has 3 heteroatoms. The van der Waals surface area contributed by atoms with Crippen molar-refractivity contribution in [2.75, 3.05) is 0 Å². The minimum Gasteiger partial charge on any atom is -0.170 e. The average Bonchev–Trinajstić information content (AvgIpc) is 3.73. The second-order valence-corrected chi connectivity index (χ2v) is 15.3. The van der Waals surface area contributed by atoms with Crippen molar-refractivity contribution >= 4 is 0 Å². The molecule has 52 heavy (non-hydrogen) atoms. The van der Waals surface area contributed by atoms with Gasteiger partial charge >= 0.3 is 6.18 Å². The van der Waals surface area contributed by atoms with Gasteiger partial charge in [-0.2, -0.15) is 13.2 Å². The number of hydrogen-bond donors (Lipinski definition) is 0. The van der Waals surface area contributed by atoms with Crippen LogP contribution in [0.4, 0.5) is 13.2 Å². The lowest BCUT2D eigenvalue weighted by Crippen LogP contribution is -2.38. The van der Waals surface area contributed by atoms with Crippen molar-refractivity contribution < 1.29 is 13.2 Å².